The molecule has 0 unspecified atom stereocenters. The van der Waals surface area contributed by atoms with Crippen molar-refractivity contribution in [1.82, 2.24) is 10.6 Å². The van der Waals surface area contributed by atoms with Gasteiger partial charge in [0, 0.05) is 31.0 Å². The Balaban J connectivity index is 1.93. The third-order valence-corrected chi connectivity index (χ3v) is 3.58. The van der Waals surface area contributed by atoms with Gasteiger partial charge in [-0.2, -0.15) is 0 Å². The monoisotopic (exact) mass is 340 g/mol. The lowest BCUT2D eigenvalue weighted by molar-refractivity contribution is -0.123. The van der Waals surface area contributed by atoms with Gasteiger partial charge in [0.05, 0.1) is 18.2 Å². The van der Waals surface area contributed by atoms with E-state index in [0.29, 0.717) is 48.4 Å². The fourth-order valence-corrected chi connectivity index (χ4v) is 2.30. The number of amides is 2. The highest BCUT2D eigenvalue weighted by molar-refractivity contribution is 6.32. The van der Waals surface area contributed by atoms with Crippen LogP contribution in [-0.4, -0.2) is 38.1 Å². The average Bonchev–Trinajstić information content (AvgIpc) is 2.76. The van der Waals surface area contributed by atoms with Crippen molar-refractivity contribution in [2.24, 2.45) is 5.92 Å². The number of halogens is 1. The number of ether oxygens (including phenoxy) is 2. The van der Waals surface area contributed by atoms with Gasteiger partial charge in [-0.25, -0.2) is 0 Å². The first-order valence-corrected chi connectivity index (χ1v) is 8.02. The molecule has 0 aromatic heterocycles. The molecule has 23 heavy (non-hydrogen) atoms. The van der Waals surface area contributed by atoms with Crippen LogP contribution < -0.4 is 20.1 Å². The number of hydrogen-bond donors (Lipinski definition) is 2. The number of nitrogens with one attached hydrogen (secondary N) is 2. The van der Waals surface area contributed by atoms with E-state index >= 15 is 0 Å². The molecular formula is C16H21ClN2O4. The zero-order valence-corrected chi connectivity index (χ0v) is 14.0. The highest BCUT2D eigenvalue weighted by Gasteiger charge is 2.18. The Bertz CT molecular complexity index is 590. The Morgan fingerprint density at radius 1 is 1.17 bits per heavy atom. The van der Waals surface area contributed by atoms with E-state index in [0.717, 1.165) is 6.42 Å². The lowest BCUT2D eigenvalue weighted by atomic mass is 10.2. The molecule has 1 aliphatic rings. The first-order valence-electron chi connectivity index (χ1n) is 7.64. The van der Waals surface area contributed by atoms with Gasteiger partial charge in [0.15, 0.2) is 11.5 Å². The molecule has 0 saturated heterocycles. The molecule has 0 atom stereocenters. The smallest absolute Gasteiger partial charge is 0.251 e. The van der Waals surface area contributed by atoms with Gasteiger partial charge >= 0.3 is 0 Å². The van der Waals surface area contributed by atoms with Gasteiger partial charge in [-0.05, 0) is 12.1 Å². The molecule has 0 fully saturated rings. The van der Waals surface area contributed by atoms with Crippen LogP contribution in [0.25, 0.3) is 0 Å². The molecule has 0 spiro atoms. The Hall–Kier alpha value is -1.95. The van der Waals surface area contributed by atoms with E-state index in [4.69, 9.17) is 21.1 Å². The highest BCUT2D eigenvalue weighted by atomic mass is 35.5. The summed E-state index contributed by atoms with van der Waals surface area (Å²) < 4.78 is 11.1. The quantitative estimate of drug-likeness (QED) is 0.804. The average molecular weight is 341 g/mol. The number of rotatable bonds is 5. The van der Waals surface area contributed by atoms with E-state index < -0.39 is 0 Å². The third kappa shape index (κ3) is 4.76. The molecule has 0 bridgehead atoms. The fraction of sp³-hybridized carbons (Fsp3) is 0.500. The number of carbonyl (C=O) groups is 2. The van der Waals surface area contributed by atoms with E-state index in [-0.39, 0.29) is 17.7 Å². The van der Waals surface area contributed by atoms with E-state index in [1.54, 1.807) is 12.1 Å². The van der Waals surface area contributed by atoms with Crippen LogP contribution in [0.1, 0.15) is 30.6 Å². The number of hydrogen-bond acceptors (Lipinski definition) is 4. The second kappa shape index (κ2) is 8.06. The highest BCUT2D eigenvalue weighted by Crippen LogP contribution is 2.37. The Labute approximate surface area is 140 Å². The second-order valence-corrected chi connectivity index (χ2v) is 5.94. The minimum atomic E-state index is -0.277. The van der Waals surface area contributed by atoms with Gasteiger partial charge in [-0.3, -0.25) is 9.59 Å². The molecule has 1 heterocycles. The van der Waals surface area contributed by atoms with Crippen molar-refractivity contribution in [3.05, 3.63) is 22.7 Å². The van der Waals surface area contributed by atoms with Crippen molar-refractivity contribution in [2.45, 2.75) is 20.3 Å². The lowest BCUT2D eigenvalue weighted by Crippen LogP contribution is -2.36. The Morgan fingerprint density at radius 2 is 1.87 bits per heavy atom. The fourth-order valence-electron chi connectivity index (χ4n) is 2.03. The van der Waals surface area contributed by atoms with Crippen molar-refractivity contribution < 1.29 is 19.1 Å². The summed E-state index contributed by atoms with van der Waals surface area (Å²) in [6.45, 7) is 5.40. The summed E-state index contributed by atoms with van der Waals surface area (Å²) >= 11 is 6.16. The molecule has 1 aliphatic heterocycles. The molecule has 7 heteroatoms. The van der Waals surface area contributed by atoms with Crippen LogP contribution in [0.15, 0.2) is 12.1 Å². The predicted octanol–water partition coefficient (Wildman–Crippen LogP) is 2.00. The zero-order chi connectivity index (χ0) is 16.8. The van der Waals surface area contributed by atoms with Crippen molar-refractivity contribution in [1.29, 1.82) is 0 Å². The molecule has 0 aliphatic carbocycles. The van der Waals surface area contributed by atoms with Crippen molar-refractivity contribution in [3.8, 4) is 11.5 Å². The van der Waals surface area contributed by atoms with E-state index in [1.807, 2.05) is 13.8 Å². The van der Waals surface area contributed by atoms with Gasteiger partial charge in [0.2, 0.25) is 5.91 Å². The predicted molar refractivity (Wildman–Crippen MR) is 87.2 cm³/mol. The van der Waals surface area contributed by atoms with Gasteiger partial charge in [-0.1, -0.05) is 25.4 Å². The van der Waals surface area contributed by atoms with E-state index in [2.05, 4.69) is 10.6 Å². The summed E-state index contributed by atoms with van der Waals surface area (Å²) in [6, 6.07) is 3.17. The maximum Gasteiger partial charge on any atom is 0.251 e. The molecule has 0 saturated carbocycles. The summed E-state index contributed by atoms with van der Waals surface area (Å²) in [5.41, 5.74) is 0.398. The molecule has 2 N–H and O–H groups in total. The normalized spacial score (nSPS) is 13.4. The summed E-state index contributed by atoms with van der Waals surface area (Å²) in [6.07, 6.45) is 0.766. The molecule has 0 radical (unpaired) electrons. The summed E-state index contributed by atoms with van der Waals surface area (Å²) in [5, 5.41) is 5.82. The van der Waals surface area contributed by atoms with Crippen LogP contribution in [0.3, 0.4) is 0 Å². The lowest BCUT2D eigenvalue weighted by Gasteiger charge is -2.12. The second-order valence-electron chi connectivity index (χ2n) is 5.54. The topological polar surface area (TPSA) is 76.7 Å². The van der Waals surface area contributed by atoms with Crippen LogP contribution >= 0.6 is 11.6 Å². The first-order chi connectivity index (χ1) is 11.0. The first kappa shape index (κ1) is 17.4. The van der Waals surface area contributed by atoms with E-state index in [9.17, 15) is 9.59 Å². The minimum absolute atomic E-state index is 0.0436. The molecule has 6 nitrogen and oxygen atoms in total. The largest absolute Gasteiger partial charge is 0.489 e. The van der Waals surface area contributed by atoms with Crippen LogP contribution in [0, 0.1) is 5.92 Å². The van der Waals surface area contributed by atoms with Crippen molar-refractivity contribution >= 4 is 23.4 Å². The van der Waals surface area contributed by atoms with Crippen LogP contribution in [0.2, 0.25) is 5.02 Å². The SMILES string of the molecule is CC(C)C(=O)NCCNC(=O)c1cc(Cl)c2c(c1)OCCCO2. The zero-order valence-electron chi connectivity index (χ0n) is 13.3. The summed E-state index contributed by atoms with van der Waals surface area (Å²) in [4.78, 5) is 23.6. The molecule has 126 valence electrons. The molecular weight excluding hydrogens is 320 g/mol. The molecule has 1 aromatic rings. The standard InChI is InChI=1S/C16H21ClN2O4/c1-10(2)15(20)18-4-5-19-16(21)11-8-12(17)14-13(9-11)22-6-3-7-23-14/h8-10H,3-7H2,1-2H3,(H,18,20)(H,19,21). The number of benzene rings is 1. The minimum Gasteiger partial charge on any atom is -0.489 e. The molecule has 1 aromatic carbocycles. The van der Waals surface area contributed by atoms with Gasteiger partial charge < -0.3 is 20.1 Å². The maximum absolute atomic E-state index is 12.2. The molecule has 2 amide bonds. The van der Waals surface area contributed by atoms with E-state index in [1.165, 1.54) is 0 Å². The van der Waals surface area contributed by atoms with Gasteiger partial charge in [-0.15, -0.1) is 0 Å². The molecule has 2 rings (SSSR count). The summed E-state index contributed by atoms with van der Waals surface area (Å²) in [7, 11) is 0. The number of fused-ring (bicyclic) bond motifs is 1. The van der Waals surface area contributed by atoms with Crippen LogP contribution in [0.5, 0.6) is 11.5 Å². The third-order valence-electron chi connectivity index (χ3n) is 3.30. The van der Waals surface area contributed by atoms with Gasteiger partial charge in [0.25, 0.3) is 5.91 Å². The Kier molecular flexibility index (Phi) is 6.10. The van der Waals surface area contributed by atoms with Crippen LogP contribution in [-0.2, 0) is 4.79 Å². The van der Waals surface area contributed by atoms with Crippen LogP contribution in [0.4, 0.5) is 0 Å². The van der Waals surface area contributed by atoms with Crippen molar-refractivity contribution in [2.75, 3.05) is 26.3 Å². The maximum atomic E-state index is 12.2. The summed E-state index contributed by atoms with van der Waals surface area (Å²) in [5.74, 6) is 0.559. The Morgan fingerprint density at radius 3 is 2.61 bits per heavy atom. The van der Waals surface area contributed by atoms with Gasteiger partial charge in [0.1, 0.15) is 0 Å². The van der Waals surface area contributed by atoms with Crippen molar-refractivity contribution in [3.63, 3.8) is 0 Å². The number of carbonyl (C=O) groups excluding carboxylic acids is 2.